The van der Waals surface area contributed by atoms with Crippen LogP contribution in [0.25, 0.3) is 21.5 Å². The number of ether oxygens (including phenoxy) is 4. The van der Waals surface area contributed by atoms with E-state index in [0.717, 1.165) is 48.3 Å². The van der Waals surface area contributed by atoms with E-state index in [-0.39, 0.29) is 104 Å². The van der Waals surface area contributed by atoms with E-state index in [9.17, 15) is 32.8 Å². The minimum absolute atomic E-state index is 0.00860. The molecule has 5 aliphatic heterocycles. The number of rotatable bonds is 28. The SMILES string of the molecule is [C-]#[N+]c1c2c(nn1CCCC(=O)CCOCCOCCOCCOCCC(=O)N1CCC([C@@H](NC(=O)[C@@H](C)NC)C(=O)N3CCC[C@@H]3C3=NC(C(=C)c4ccc(F)cc4)CS3)CC1)CN(C1CC1)C(=O)c1ccc(F)cc1[C@H]1CCCN1c1cc-2cnc1N. The van der Waals surface area contributed by atoms with Gasteiger partial charge in [-0.1, -0.05) is 25.3 Å². The average Bonchev–Trinajstić information content (AvgIpc) is 1.82. The first-order valence-electron chi connectivity index (χ1n) is 31.3. The van der Waals surface area contributed by atoms with E-state index in [2.05, 4.69) is 31.9 Å². The van der Waals surface area contributed by atoms with Gasteiger partial charge in [-0.3, -0.25) is 29.0 Å². The zero-order chi connectivity index (χ0) is 62.6. The van der Waals surface area contributed by atoms with Crippen molar-refractivity contribution in [1.29, 1.82) is 0 Å². The highest BCUT2D eigenvalue weighted by atomic mass is 32.2. The van der Waals surface area contributed by atoms with Crippen molar-refractivity contribution in [3.63, 3.8) is 0 Å². The van der Waals surface area contributed by atoms with Gasteiger partial charge in [0.2, 0.25) is 17.7 Å². The van der Waals surface area contributed by atoms with Crippen LogP contribution in [-0.2, 0) is 51.2 Å². The number of aromatic nitrogens is 3. The normalized spacial score (nSPS) is 20.0. The summed E-state index contributed by atoms with van der Waals surface area (Å²) in [4.78, 5) is 89.7. The summed E-state index contributed by atoms with van der Waals surface area (Å²) in [5.74, 6) is -0.230. The number of Topliss-reactive ketones (excluding diaryl/α,β-unsaturated/α-hetero) is 1. The molecule has 7 heterocycles. The van der Waals surface area contributed by atoms with E-state index in [0.29, 0.717) is 149 Å². The molecule has 4 fully saturated rings. The molecule has 2 aromatic heterocycles. The number of hydrogen-bond donors (Lipinski definition) is 3. The minimum Gasteiger partial charge on any atom is -0.382 e. The number of ketones is 1. The van der Waals surface area contributed by atoms with Crippen LogP contribution >= 0.6 is 11.8 Å². The zero-order valence-corrected chi connectivity index (χ0v) is 51.8. The number of piperidine rings is 1. The van der Waals surface area contributed by atoms with Crippen molar-refractivity contribution in [2.45, 2.75) is 133 Å². The second-order valence-electron chi connectivity index (χ2n) is 23.7. The number of nitrogens with zero attached hydrogens (tertiary/aromatic N) is 9. The van der Waals surface area contributed by atoms with Gasteiger partial charge in [-0.2, -0.15) is 4.68 Å². The summed E-state index contributed by atoms with van der Waals surface area (Å²) in [5.41, 5.74) is 11.6. The van der Waals surface area contributed by atoms with Gasteiger partial charge in [0.25, 0.3) is 11.7 Å². The molecule has 1 aliphatic carbocycles. The van der Waals surface area contributed by atoms with Crippen molar-refractivity contribution in [3.8, 4) is 11.1 Å². The number of carbonyl (C=O) groups is 5. The lowest BCUT2D eigenvalue weighted by Crippen LogP contribution is -2.58. The number of aryl methyl sites for hydroxylation is 1. The lowest BCUT2D eigenvalue weighted by Gasteiger charge is -2.38. The number of benzene rings is 2. The molecule has 24 heteroatoms. The Labute approximate surface area is 523 Å². The number of fused-ring (bicyclic) bond motifs is 8. The van der Waals surface area contributed by atoms with Crippen LogP contribution in [0.5, 0.6) is 0 Å². The summed E-state index contributed by atoms with van der Waals surface area (Å²) < 4.78 is 52.8. The van der Waals surface area contributed by atoms with Crippen LogP contribution in [0.2, 0.25) is 0 Å². The summed E-state index contributed by atoms with van der Waals surface area (Å²) >= 11 is 1.62. The van der Waals surface area contributed by atoms with Crippen molar-refractivity contribution in [2.75, 3.05) is 102 Å². The molecule has 2 aromatic carbocycles. The van der Waals surface area contributed by atoms with Crippen LogP contribution in [0.3, 0.4) is 0 Å². The fraction of sp³-hybridized carbons (Fsp3) is 0.554. The molecule has 21 nitrogen and oxygen atoms in total. The van der Waals surface area contributed by atoms with Crippen LogP contribution in [0.1, 0.15) is 117 Å². The zero-order valence-electron chi connectivity index (χ0n) is 51.0. The van der Waals surface area contributed by atoms with Gasteiger partial charge in [0.05, 0.1) is 107 Å². The third-order valence-electron chi connectivity index (χ3n) is 17.8. The Balaban J connectivity index is 0.595. The number of nitrogens with one attached hydrogen (secondary N) is 2. The Hall–Kier alpha value is -7.14. The van der Waals surface area contributed by atoms with E-state index in [1.54, 1.807) is 64.6 Å². The van der Waals surface area contributed by atoms with Crippen LogP contribution < -0.4 is 21.3 Å². The van der Waals surface area contributed by atoms with Gasteiger partial charge in [0, 0.05) is 68.1 Å². The molecule has 89 heavy (non-hydrogen) atoms. The smallest absolute Gasteiger partial charge is 0.260 e. The number of amides is 4. The molecule has 4 amide bonds. The Bertz CT molecular complexity index is 3280. The summed E-state index contributed by atoms with van der Waals surface area (Å²) in [6.07, 6.45) is 8.64. The average molecular weight is 1250 g/mol. The predicted octanol–water partition coefficient (Wildman–Crippen LogP) is 7.56. The predicted molar refractivity (Wildman–Crippen MR) is 335 cm³/mol. The van der Waals surface area contributed by atoms with E-state index in [4.69, 9.17) is 41.3 Å². The van der Waals surface area contributed by atoms with Gasteiger partial charge in [0.1, 0.15) is 35.0 Å². The molecule has 10 rings (SSSR count). The fourth-order valence-corrected chi connectivity index (χ4v) is 13.9. The first-order valence-corrected chi connectivity index (χ1v) is 32.3. The second kappa shape index (κ2) is 30.6. The van der Waals surface area contributed by atoms with Gasteiger partial charge < -0.3 is 59.8 Å². The van der Waals surface area contributed by atoms with E-state index in [1.165, 1.54) is 24.3 Å². The lowest BCUT2D eigenvalue weighted by molar-refractivity contribution is -0.140. The molecule has 4 N–H and O–H groups in total. The summed E-state index contributed by atoms with van der Waals surface area (Å²) in [6.45, 7) is 19.3. The first-order chi connectivity index (χ1) is 43.2. The molecule has 1 saturated carbocycles. The Morgan fingerprint density at radius 2 is 1.51 bits per heavy atom. The largest absolute Gasteiger partial charge is 0.382 e. The molecule has 0 radical (unpaired) electrons. The minimum atomic E-state index is -0.755. The van der Waals surface area contributed by atoms with Crippen molar-refractivity contribution in [1.82, 2.24) is 40.1 Å². The second-order valence-corrected chi connectivity index (χ2v) is 24.7. The summed E-state index contributed by atoms with van der Waals surface area (Å²) in [7, 11) is 1.70. The third-order valence-corrected chi connectivity index (χ3v) is 19.0. The fourth-order valence-electron chi connectivity index (χ4n) is 12.6. The Morgan fingerprint density at radius 3 is 2.20 bits per heavy atom. The number of halogens is 2. The van der Waals surface area contributed by atoms with Crippen LogP contribution in [-0.4, -0.2) is 186 Å². The summed E-state index contributed by atoms with van der Waals surface area (Å²) in [6, 6.07) is 10.6. The van der Waals surface area contributed by atoms with Crippen LogP contribution in [0.4, 0.5) is 26.1 Å². The quantitative estimate of drug-likeness (QED) is 0.0368. The maximum atomic E-state index is 14.9. The van der Waals surface area contributed by atoms with Gasteiger partial charge in [0.15, 0.2) is 0 Å². The molecular formula is C65H82F2N12O9S. The van der Waals surface area contributed by atoms with Crippen molar-refractivity contribution in [2.24, 2.45) is 10.9 Å². The molecule has 476 valence electrons. The van der Waals surface area contributed by atoms with Crippen LogP contribution in [0, 0.1) is 24.1 Å². The molecule has 1 unspecified atom stereocenters. The van der Waals surface area contributed by atoms with Gasteiger partial charge in [-0.25, -0.2) is 13.8 Å². The maximum absolute atomic E-state index is 14.9. The van der Waals surface area contributed by atoms with Crippen molar-refractivity contribution >= 4 is 69.1 Å². The standard InChI is InChI=1S/C65H82F2N12O9S/c1-41(43-11-13-46(66)14-12-43)53-40-89-63(72-53)55-10-7-24-77(55)65(84)59(73-62(82)42(2)69-3)44-19-26-75(27-20-44)57(81)22-29-86-31-33-88-35-34-87-32-30-85-28-21-49(80)8-5-25-79-61(70-4)58-45-36-56(60(68)71-38-45)76-23-6-9-54(76)51-37-47(67)15-18-50(51)64(83)78(48-16-17-48)39-52(58)74-79/h11-15,18,36-38,42,44,48,53-55,59,69H,1,5-10,16-17,19-35,39-40H2,2-3H3,(H2,68,71)(H,73,82)/t42-,53?,54-,55-,59-/m1/s1. The topological polar surface area (TPSA) is 233 Å². The number of anilines is 2. The highest BCUT2D eigenvalue weighted by Crippen LogP contribution is 2.45. The third kappa shape index (κ3) is 15.9. The number of likely N-dealkylation sites (N-methyl/N-ethyl adjacent to an activating group) is 1. The molecule has 4 aromatic rings. The number of aliphatic imine (C=N–C) groups is 1. The van der Waals surface area contributed by atoms with E-state index in [1.807, 2.05) is 11.0 Å². The molecule has 2 bridgehead atoms. The number of nitrogens with two attached hydrogens (primary N) is 1. The lowest BCUT2D eigenvalue weighted by atomic mass is 9.88. The monoisotopic (exact) mass is 1240 g/mol. The molecular weight excluding hydrogens is 1160 g/mol. The molecule has 5 atom stereocenters. The van der Waals surface area contributed by atoms with Crippen molar-refractivity contribution in [3.05, 3.63) is 107 Å². The maximum Gasteiger partial charge on any atom is 0.260 e. The number of pyridine rings is 1. The molecule has 6 aliphatic rings. The Kier molecular flexibility index (Phi) is 22.3. The van der Waals surface area contributed by atoms with Gasteiger partial charge >= 0.3 is 0 Å². The number of nitrogen functional groups attached to an aromatic ring is 1. The number of carbonyl (C=O) groups excluding carboxylic acids is 5. The number of likely N-dealkylation sites (tertiary alicyclic amines) is 2. The van der Waals surface area contributed by atoms with Gasteiger partial charge in [-0.15, -0.1) is 16.9 Å². The van der Waals surface area contributed by atoms with E-state index >= 15 is 0 Å². The highest BCUT2D eigenvalue weighted by Gasteiger charge is 2.44. The van der Waals surface area contributed by atoms with E-state index < -0.39 is 17.9 Å². The van der Waals surface area contributed by atoms with Crippen molar-refractivity contribution < 1.29 is 51.7 Å². The molecule has 3 saturated heterocycles. The first kappa shape index (κ1) is 64.8. The molecule has 0 spiro atoms. The number of thioether (sulfide) groups is 1. The summed E-state index contributed by atoms with van der Waals surface area (Å²) in [5, 5.41) is 11.9. The van der Waals surface area contributed by atoms with Crippen LogP contribution in [0.15, 0.2) is 66.3 Å². The van der Waals surface area contributed by atoms with Gasteiger partial charge in [-0.05, 0) is 136 Å². The Morgan fingerprint density at radius 1 is 0.831 bits per heavy atom. The number of hydrogen-bond acceptors (Lipinski definition) is 16. The highest BCUT2D eigenvalue weighted by molar-refractivity contribution is 8.14.